The van der Waals surface area contributed by atoms with Crippen LogP contribution in [-0.2, 0) is 6.54 Å². The van der Waals surface area contributed by atoms with Crippen LogP contribution in [0.15, 0.2) is 41.3 Å². The first-order chi connectivity index (χ1) is 10.5. The van der Waals surface area contributed by atoms with Crippen LogP contribution in [0.3, 0.4) is 0 Å². The van der Waals surface area contributed by atoms with Gasteiger partial charge in [-0.2, -0.15) is 0 Å². The summed E-state index contributed by atoms with van der Waals surface area (Å²) in [5, 5.41) is 2.60. The molecule has 1 amide bonds. The zero-order chi connectivity index (χ0) is 16.1. The van der Waals surface area contributed by atoms with Gasteiger partial charge in [0.05, 0.1) is 0 Å². The molecule has 4 nitrogen and oxygen atoms in total. The van der Waals surface area contributed by atoms with E-state index in [1.165, 1.54) is 6.07 Å². The van der Waals surface area contributed by atoms with Crippen LogP contribution in [0, 0.1) is 18.6 Å². The number of nitrogens with zero attached hydrogens (tertiary/aromatic N) is 1. The fraction of sp³-hybridized carbons (Fsp3) is 0.250. The Morgan fingerprint density at radius 3 is 2.64 bits per heavy atom. The lowest BCUT2D eigenvalue weighted by Gasteiger charge is -2.08. The molecule has 1 aromatic carbocycles. The van der Waals surface area contributed by atoms with Gasteiger partial charge in [0.1, 0.15) is 0 Å². The van der Waals surface area contributed by atoms with Crippen molar-refractivity contribution in [1.29, 1.82) is 0 Å². The number of rotatable bonds is 5. The number of pyridine rings is 1. The van der Waals surface area contributed by atoms with E-state index < -0.39 is 17.5 Å². The van der Waals surface area contributed by atoms with Crippen molar-refractivity contribution in [3.05, 3.63) is 69.6 Å². The summed E-state index contributed by atoms with van der Waals surface area (Å²) in [6.07, 6.45) is 2.26. The number of aryl methyl sites for hydroxylation is 2. The lowest BCUT2D eigenvalue weighted by atomic mass is 10.2. The number of hydrogen-bond acceptors (Lipinski definition) is 2. The molecule has 0 aliphatic rings. The highest BCUT2D eigenvalue weighted by molar-refractivity contribution is 5.94. The van der Waals surface area contributed by atoms with Crippen molar-refractivity contribution in [2.75, 3.05) is 6.54 Å². The van der Waals surface area contributed by atoms with E-state index in [1.54, 1.807) is 16.8 Å². The maximum absolute atomic E-state index is 13.0. The third kappa shape index (κ3) is 4.00. The molecule has 0 saturated carbocycles. The minimum atomic E-state index is -1.06. The molecule has 6 heteroatoms. The fourth-order valence-corrected chi connectivity index (χ4v) is 1.98. The highest BCUT2D eigenvalue weighted by Gasteiger charge is 2.09. The second-order valence-corrected chi connectivity index (χ2v) is 4.97. The highest BCUT2D eigenvalue weighted by atomic mass is 19.2. The van der Waals surface area contributed by atoms with Crippen LogP contribution < -0.4 is 10.9 Å². The van der Waals surface area contributed by atoms with E-state index in [0.717, 1.165) is 17.7 Å². The average molecular weight is 306 g/mol. The van der Waals surface area contributed by atoms with Crippen LogP contribution in [-0.4, -0.2) is 17.0 Å². The smallest absolute Gasteiger partial charge is 0.251 e. The largest absolute Gasteiger partial charge is 0.352 e. The number of carbonyl (C=O) groups excluding carboxylic acids is 1. The second-order valence-electron chi connectivity index (χ2n) is 4.97. The Kier molecular flexibility index (Phi) is 5.04. The predicted molar refractivity (Wildman–Crippen MR) is 78.7 cm³/mol. The van der Waals surface area contributed by atoms with Gasteiger partial charge in [0.15, 0.2) is 11.6 Å². The standard InChI is InChI=1S/C16H16F2N2O2/c1-11-5-8-20(15(21)9-11)7-2-6-19-16(22)12-3-4-13(17)14(18)10-12/h3-5,8-10H,2,6-7H2,1H3,(H,19,22). The average Bonchev–Trinajstić information content (AvgIpc) is 2.48. The number of amides is 1. The SMILES string of the molecule is Cc1ccn(CCCNC(=O)c2ccc(F)c(F)c2)c(=O)c1. The summed E-state index contributed by atoms with van der Waals surface area (Å²) in [5.74, 6) is -2.52. The molecule has 1 heterocycles. The number of nitrogens with one attached hydrogen (secondary N) is 1. The molecule has 0 atom stereocenters. The first kappa shape index (κ1) is 15.9. The highest BCUT2D eigenvalue weighted by Crippen LogP contribution is 2.08. The Hall–Kier alpha value is -2.50. The molecule has 0 spiro atoms. The van der Waals surface area contributed by atoms with Gasteiger partial charge in [-0.05, 0) is 43.2 Å². The molecule has 0 aliphatic heterocycles. The molecule has 2 aromatic rings. The molecule has 0 saturated heterocycles. The Balaban J connectivity index is 1.84. The van der Waals surface area contributed by atoms with Crippen LogP contribution in [0.25, 0.3) is 0 Å². The predicted octanol–water partition coefficient (Wildman–Crippen LogP) is 2.26. The Morgan fingerprint density at radius 1 is 1.18 bits per heavy atom. The molecular formula is C16H16F2N2O2. The lowest BCUT2D eigenvalue weighted by molar-refractivity contribution is 0.0952. The van der Waals surface area contributed by atoms with Crippen LogP contribution in [0.4, 0.5) is 8.78 Å². The lowest BCUT2D eigenvalue weighted by Crippen LogP contribution is -2.27. The van der Waals surface area contributed by atoms with E-state index in [0.29, 0.717) is 19.5 Å². The van der Waals surface area contributed by atoms with E-state index in [9.17, 15) is 18.4 Å². The minimum Gasteiger partial charge on any atom is -0.352 e. The van der Waals surface area contributed by atoms with Gasteiger partial charge in [-0.3, -0.25) is 9.59 Å². The van der Waals surface area contributed by atoms with Crippen molar-refractivity contribution >= 4 is 5.91 Å². The van der Waals surface area contributed by atoms with Crippen molar-refractivity contribution in [2.45, 2.75) is 19.9 Å². The first-order valence-electron chi connectivity index (χ1n) is 6.88. The van der Waals surface area contributed by atoms with E-state index >= 15 is 0 Å². The van der Waals surface area contributed by atoms with Crippen molar-refractivity contribution in [2.24, 2.45) is 0 Å². The number of benzene rings is 1. The third-order valence-corrected chi connectivity index (χ3v) is 3.19. The van der Waals surface area contributed by atoms with E-state index in [-0.39, 0.29) is 11.1 Å². The second kappa shape index (κ2) is 6.98. The van der Waals surface area contributed by atoms with Crippen molar-refractivity contribution in [1.82, 2.24) is 9.88 Å². The van der Waals surface area contributed by atoms with Gasteiger partial charge in [0, 0.05) is 30.9 Å². The van der Waals surface area contributed by atoms with Crippen molar-refractivity contribution < 1.29 is 13.6 Å². The quantitative estimate of drug-likeness (QED) is 0.862. The normalized spacial score (nSPS) is 10.5. The summed E-state index contributed by atoms with van der Waals surface area (Å²) in [5.41, 5.74) is 0.867. The number of hydrogen-bond donors (Lipinski definition) is 1. The summed E-state index contributed by atoms with van der Waals surface area (Å²) >= 11 is 0. The Labute approximate surface area is 126 Å². The number of halogens is 2. The third-order valence-electron chi connectivity index (χ3n) is 3.19. The molecule has 0 unspecified atom stereocenters. The molecule has 2 rings (SSSR count). The molecule has 116 valence electrons. The zero-order valence-corrected chi connectivity index (χ0v) is 12.1. The van der Waals surface area contributed by atoms with Crippen molar-refractivity contribution in [3.63, 3.8) is 0 Å². The summed E-state index contributed by atoms with van der Waals surface area (Å²) < 4.78 is 27.4. The van der Waals surface area contributed by atoms with Gasteiger partial charge < -0.3 is 9.88 Å². The molecular weight excluding hydrogens is 290 g/mol. The molecule has 1 N–H and O–H groups in total. The van der Waals surface area contributed by atoms with Crippen molar-refractivity contribution in [3.8, 4) is 0 Å². The van der Waals surface area contributed by atoms with E-state index in [2.05, 4.69) is 5.32 Å². The van der Waals surface area contributed by atoms with Gasteiger partial charge in [-0.15, -0.1) is 0 Å². The maximum atomic E-state index is 13.0. The molecule has 0 fully saturated rings. The summed E-state index contributed by atoms with van der Waals surface area (Å²) in [6.45, 7) is 2.64. The van der Waals surface area contributed by atoms with Crippen LogP contribution in [0.5, 0.6) is 0 Å². The van der Waals surface area contributed by atoms with E-state index in [4.69, 9.17) is 0 Å². The summed E-state index contributed by atoms with van der Waals surface area (Å²) in [6, 6.07) is 6.37. The van der Waals surface area contributed by atoms with Gasteiger partial charge in [-0.25, -0.2) is 8.78 Å². The zero-order valence-electron chi connectivity index (χ0n) is 12.1. The molecule has 1 aromatic heterocycles. The van der Waals surface area contributed by atoms with Gasteiger partial charge in [-0.1, -0.05) is 0 Å². The molecule has 0 radical (unpaired) electrons. The number of carbonyl (C=O) groups is 1. The first-order valence-corrected chi connectivity index (χ1v) is 6.88. The number of aromatic nitrogens is 1. The molecule has 0 aliphatic carbocycles. The summed E-state index contributed by atoms with van der Waals surface area (Å²) in [4.78, 5) is 23.4. The summed E-state index contributed by atoms with van der Waals surface area (Å²) in [7, 11) is 0. The fourth-order valence-electron chi connectivity index (χ4n) is 1.98. The minimum absolute atomic E-state index is 0.0615. The Morgan fingerprint density at radius 2 is 1.95 bits per heavy atom. The van der Waals surface area contributed by atoms with Gasteiger partial charge in [0.25, 0.3) is 11.5 Å². The van der Waals surface area contributed by atoms with Crippen LogP contribution in [0.2, 0.25) is 0 Å². The maximum Gasteiger partial charge on any atom is 0.251 e. The van der Waals surface area contributed by atoms with Gasteiger partial charge in [0.2, 0.25) is 0 Å². The van der Waals surface area contributed by atoms with Crippen LogP contribution >= 0.6 is 0 Å². The van der Waals surface area contributed by atoms with Gasteiger partial charge >= 0.3 is 0 Å². The molecule has 0 bridgehead atoms. The van der Waals surface area contributed by atoms with E-state index in [1.807, 2.05) is 13.0 Å². The monoisotopic (exact) mass is 306 g/mol. The topological polar surface area (TPSA) is 51.1 Å². The Bertz CT molecular complexity index is 741. The molecule has 22 heavy (non-hydrogen) atoms. The van der Waals surface area contributed by atoms with Crippen LogP contribution in [0.1, 0.15) is 22.3 Å².